The maximum atomic E-state index is 12.3. The summed E-state index contributed by atoms with van der Waals surface area (Å²) in [5, 5.41) is 0. The number of pyridine rings is 1. The van der Waals surface area contributed by atoms with E-state index < -0.39 is 0 Å². The van der Waals surface area contributed by atoms with Crippen molar-refractivity contribution in [2.75, 3.05) is 26.3 Å². The first kappa shape index (κ1) is 17.0. The van der Waals surface area contributed by atoms with E-state index in [1.54, 1.807) is 6.20 Å². The van der Waals surface area contributed by atoms with Gasteiger partial charge >= 0.3 is 0 Å². The number of carbonyl (C=O) groups excluding carboxylic acids is 1. The van der Waals surface area contributed by atoms with Crippen LogP contribution in [0.4, 0.5) is 0 Å². The van der Waals surface area contributed by atoms with Gasteiger partial charge in [0.15, 0.2) is 0 Å². The zero-order valence-electron chi connectivity index (χ0n) is 14.9. The van der Waals surface area contributed by atoms with Crippen LogP contribution in [-0.2, 0) is 20.9 Å². The molecule has 1 aliphatic carbocycles. The predicted molar refractivity (Wildman–Crippen MR) is 93.8 cm³/mol. The average Bonchev–Trinajstić information content (AvgIpc) is 3.44. The van der Waals surface area contributed by atoms with Gasteiger partial charge in [-0.15, -0.1) is 0 Å². The molecule has 5 nitrogen and oxygen atoms in total. The van der Waals surface area contributed by atoms with E-state index in [0.29, 0.717) is 24.3 Å². The molecule has 3 fully saturated rings. The molecule has 1 amide bonds. The fourth-order valence-corrected chi connectivity index (χ4v) is 4.34. The van der Waals surface area contributed by atoms with Crippen molar-refractivity contribution in [1.82, 2.24) is 9.88 Å². The molecule has 0 bridgehead atoms. The number of amides is 1. The van der Waals surface area contributed by atoms with Crippen molar-refractivity contribution in [2.45, 2.75) is 50.7 Å². The van der Waals surface area contributed by atoms with Gasteiger partial charge in [0.05, 0.1) is 12.2 Å². The first-order valence-electron chi connectivity index (χ1n) is 9.66. The van der Waals surface area contributed by atoms with Gasteiger partial charge in [0.1, 0.15) is 0 Å². The Morgan fingerprint density at radius 2 is 2.16 bits per heavy atom. The van der Waals surface area contributed by atoms with Crippen molar-refractivity contribution >= 4 is 5.91 Å². The fourth-order valence-electron chi connectivity index (χ4n) is 4.34. The van der Waals surface area contributed by atoms with Crippen LogP contribution < -0.4 is 0 Å². The van der Waals surface area contributed by atoms with E-state index in [4.69, 9.17) is 9.47 Å². The Labute approximate surface area is 149 Å². The summed E-state index contributed by atoms with van der Waals surface area (Å²) in [5.41, 5.74) is 1.10. The molecule has 0 aromatic carbocycles. The third kappa shape index (κ3) is 3.87. The second-order valence-corrected chi connectivity index (χ2v) is 7.70. The lowest BCUT2D eigenvalue weighted by Gasteiger charge is -2.42. The second kappa shape index (κ2) is 7.42. The van der Waals surface area contributed by atoms with Gasteiger partial charge in [-0.25, -0.2) is 0 Å². The van der Waals surface area contributed by atoms with E-state index in [-0.39, 0.29) is 5.60 Å². The Bertz CT molecular complexity index is 580. The van der Waals surface area contributed by atoms with Crippen LogP contribution in [0.25, 0.3) is 0 Å². The zero-order chi connectivity index (χ0) is 17.1. The van der Waals surface area contributed by atoms with Gasteiger partial charge in [0.2, 0.25) is 5.91 Å². The van der Waals surface area contributed by atoms with E-state index in [2.05, 4.69) is 9.88 Å². The number of aromatic nitrogens is 1. The molecule has 2 saturated heterocycles. The minimum Gasteiger partial charge on any atom is -0.377 e. The van der Waals surface area contributed by atoms with Crippen LogP contribution in [0.1, 0.15) is 44.1 Å². The average molecular weight is 344 g/mol. The first-order valence-corrected chi connectivity index (χ1v) is 9.66. The lowest BCUT2D eigenvalue weighted by molar-refractivity contribution is -0.139. The molecule has 25 heavy (non-hydrogen) atoms. The highest BCUT2D eigenvalue weighted by Gasteiger charge is 2.47. The molecule has 0 radical (unpaired) electrons. The van der Waals surface area contributed by atoms with Crippen molar-refractivity contribution in [1.29, 1.82) is 0 Å². The van der Waals surface area contributed by atoms with Crippen LogP contribution in [-0.4, -0.2) is 47.7 Å². The predicted octanol–water partition coefficient (Wildman–Crippen LogP) is 2.80. The molecule has 1 aromatic heterocycles. The van der Waals surface area contributed by atoms with Crippen LogP contribution >= 0.6 is 0 Å². The number of nitrogens with zero attached hydrogens (tertiary/aromatic N) is 2. The van der Waals surface area contributed by atoms with Gasteiger partial charge in [0, 0.05) is 44.6 Å². The Kier molecular flexibility index (Phi) is 5.04. The molecule has 1 atom stereocenters. The lowest BCUT2D eigenvalue weighted by Crippen LogP contribution is -2.50. The van der Waals surface area contributed by atoms with Crippen molar-refractivity contribution in [3.05, 3.63) is 30.1 Å². The minimum atomic E-state index is -0.0159. The highest BCUT2D eigenvalue weighted by atomic mass is 16.5. The van der Waals surface area contributed by atoms with Gasteiger partial charge in [-0.1, -0.05) is 6.07 Å². The molecule has 4 rings (SSSR count). The minimum absolute atomic E-state index is 0.0159. The van der Waals surface area contributed by atoms with Gasteiger partial charge < -0.3 is 14.4 Å². The zero-order valence-corrected chi connectivity index (χ0v) is 14.9. The molecule has 5 heteroatoms. The van der Waals surface area contributed by atoms with Crippen molar-refractivity contribution < 1.29 is 14.3 Å². The second-order valence-electron chi connectivity index (χ2n) is 7.70. The molecule has 3 heterocycles. The summed E-state index contributed by atoms with van der Waals surface area (Å²) >= 11 is 0. The summed E-state index contributed by atoms with van der Waals surface area (Å²) in [6.45, 7) is 3.96. The molecular formula is C20H28N2O3. The Morgan fingerprint density at radius 3 is 2.88 bits per heavy atom. The number of hydrogen-bond acceptors (Lipinski definition) is 4. The SMILES string of the molecule is O=C(C1CC1)N1CCC2(CC1)OCC[C@H]2CCOCc1cccnc1. The number of rotatable bonds is 6. The molecule has 1 saturated carbocycles. The number of ether oxygens (including phenoxy) is 2. The summed E-state index contributed by atoms with van der Waals surface area (Å²) in [7, 11) is 0. The van der Waals surface area contributed by atoms with Crippen LogP contribution in [0.2, 0.25) is 0 Å². The summed E-state index contributed by atoms with van der Waals surface area (Å²) in [6.07, 6.45) is 9.94. The van der Waals surface area contributed by atoms with E-state index in [0.717, 1.165) is 70.4 Å². The molecule has 1 aromatic rings. The molecule has 1 spiro atoms. The van der Waals surface area contributed by atoms with Crippen molar-refractivity contribution in [3.8, 4) is 0 Å². The molecule has 2 aliphatic heterocycles. The van der Waals surface area contributed by atoms with Crippen LogP contribution in [0.15, 0.2) is 24.5 Å². The lowest BCUT2D eigenvalue weighted by atomic mass is 9.78. The normalized spacial score (nSPS) is 25.4. The van der Waals surface area contributed by atoms with Gasteiger partial charge in [-0.05, 0) is 56.1 Å². The van der Waals surface area contributed by atoms with Crippen molar-refractivity contribution in [2.24, 2.45) is 11.8 Å². The largest absolute Gasteiger partial charge is 0.377 e. The van der Waals surface area contributed by atoms with Gasteiger partial charge in [-0.2, -0.15) is 0 Å². The molecule has 136 valence electrons. The molecular weight excluding hydrogens is 316 g/mol. The maximum absolute atomic E-state index is 12.3. The van der Waals surface area contributed by atoms with Gasteiger partial charge in [0.25, 0.3) is 0 Å². The summed E-state index contributed by atoms with van der Waals surface area (Å²) in [5.74, 6) is 1.26. The summed E-state index contributed by atoms with van der Waals surface area (Å²) in [4.78, 5) is 18.4. The van der Waals surface area contributed by atoms with Crippen LogP contribution in [0.3, 0.4) is 0 Å². The van der Waals surface area contributed by atoms with Crippen LogP contribution in [0.5, 0.6) is 0 Å². The number of hydrogen-bond donors (Lipinski definition) is 0. The van der Waals surface area contributed by atoms with Gasteiger partial charge in [-0.3, -0.25) is 9.78 Å². The Balaban J connectivity index is 1.24. The third-order valence-corrected chi connectivity index (χ3v) is 6.05. The number of piperidine rings is 1. The summed E-state index contributed by atoms with van der Waals surface area (Å²) in [6, 6.07) is 3.98. The van der Waals surface area contributed by atoms with E-state index >= 15 is 0 Å². The number of likely N-dealkylation sites (tertiary alicyclic amines) is 1. The highest BCUT2D eigenvalue weighted by molar-refractivity contribution is 5.81. The molecule has 0 unspecified atom stereocenters. The van der Waals surface area contributed by atoms with E-state index in [1.165, 1.54) is 0 Å². The maximum Gasteiger partial charge on any atom is 0.225 e. The molecule has 3 aliphatic rings. The fraction of sp³-hybridized carbons (Fsp3) is 0.700. The monoisotopic (exact) mass is 344 g/mol. The van der Waals surface area contributed by atoms with E-state index in [9.17, 15) is 4.79 Å². The number of carbonyl (C=O) groups is 1. The Morgan fingerprint density at radius 1 is 1.32 bits per heavy atom. The smallest absolute Gasteiger partial charge is 0.225 e. The van der Waals surface area contributed by atoms with Crippen molar-refractivity contribution in [3.63, 3.8) is 0 Å². The highest BCUT2D eigenvalue weighted by Crippen LogP contribution is 2.43. The quantitative estimate of drug-likeness (QED) is 0.745. The molecule has 0 N–H and O–H groups in total. The van der Waals surface area contributed by atoms with Crippen LogP contribution in [0, 0.1) is 11.8 Å². The third-order valence-electron chi connectivity index (χ3n) is 6.05. The standard InChI is InChI=1S/C20H28N2O3/c23-19(17-3-4-17)22-10-7-20(8-11-22)18(6-13-25-20)5-12-24-15-16-2-1-9-21-14-16/h1-2,9,14,17-18H,3-8,10-13,15H2/t18-/m1/s1. The Hall–Kier alpha value is -1.46. The van der Waals surface area contributed by atoms with E-state index in [1.807, 2.05) is 18.3 Å². The topological polar surface area (TPSA) is 51.7 Å². The summed E-state index contributed by atoms with van der Waals surface area (Å²) < 4.78 is 12.1. The first-order chi connectivity index (χ1) is 12.3.